The van der Waals surface area contributed by atoms with Crippen molar-refractivity contribution in [2.24, 2.45) is 0 Å². The SMILES string of the molecule is CCC(=O)Oc1cccc(Oc2cccc(C(F)(F)F)c2)c1. The van der Waals surface area contributed by atoms with E-state index >= 15 is 0 Å². The fraction of sp³-hybridized carbons (Fsp3) is 0.188. The van der Waals surface area contributed by atoms with E-state index in [9.17, 15) is 18.0 Å². The van der Waals surface area contributed by atoms with Gasteiger partial charge in [-0.05, 0) is 30.3 Å². The van der Waals surface area contributed by atoms with Crippen LogP contribution in [0.3, 0.4) is 0 Å². The Balaban J connectivity index is 2.17. The molecule has 3 nitrogen and oxygen atoms in total. The third-order valence-corrected chi connectivity index (χ3v) is 2.72. The number of rotatable bonds is 4. The second-order valence-electron chi connectivity index (χ2n) is 4.43. The zero-order chi connectivity index (χ0) is 16.2. The Hall–Kier alpha value is -2.50. The first-order valence-electron chi connectivity index (χ1n) is 6.54. The minimum absolute atomic E-state index is 0.0498. The highest BCUT2D eigenvalue weighted by atomic mass is 19.4. The van der Waals surface area contributed by atoms with Crippen molar-refractivity contribution in [1.82, 2.24) is 0 Å². The molecule has 0 saturated carbocycles. The van der Waals surface area contributed by atoms with E-state index in [1.807, 2.05) is 0 Å². The summed E-state index contributed by atoms with van der Waals surface area (Å²) in [5.74, 6) is 0.196. The highest BCUT2D eigenvalue weighted by Crippen LogP contribution is 2.33. The van der Waals surface area contributed by atoms with E-state index in [-0.39, 0.29) is 23.7 Å². The van der Waals surface area contributed by atoms with Crippen molar-refractivity contribution in [3.8, 4) is 17.2 Å². The highest BCUT2D eigenvalue weighted by molar-refractivity contribution is 5.72. The van der Waals surface area contributed by atoms with Crippen LogP contribution in [0.1, 0.15) is 18.9 Å². The average Bonchev–Trinajstić information content (AvgIpc) is 2.47. The van der Waals surface area contributed by atoms with Gasteiger partial charge in [-0.2, -0.15) is 13.2 Å². The van der Waals surface area contributed by atoms with E-state index in [2.05, 4.69) is 0 Å². The van der Waals surface area contributed by atoms with Crippen molar-refractivity contribution in [3.63, 3.8) is 0 Å². The van der Waals surface area contributed by atoms with Crippen molar-refractivity contribution in [2.45, 2.75) is 19.5 Å². The Kier molecular flexibility index (Phi) is 4.70. The van der Waals surface area contributed by atoms with Gasteiger partial charge in [-0.25, -0.2) is 0 Å². The van der Waals surface area contributed by atoms with Crippen molar-refractivity contribution in [3.05, 3.63) is 54.1 Å². The summed E-state index contributed by atoms with van der Waals surface area (Å²) < 4.78 is 48.3. The lowest BCUT2D eigenvalue weighted by Gasteiger charge is -2.10. The molecule has 0 atom stereocenters. The summed E-state index contributed by atoms with van der Waals surface area (Å²) >= 11 is 0. The predicted molar refractivity (Wildman–Crippen MR) is 73.9 cm³/mol. The molecule has 2 aromatic rings. The lowest BCUT2D eigenvalue weighted by Crippen LogP contribution is -2.05. The highest BCUT2D eigenvalue weighted by Gasteiger charge is 2.30. The number of halogens is 3. The molecule has 0 aliphatic heterocycles. The van der Waals surface area contributed by atoms with Gasteiger partial charge in [0.25, 0.3) is 0 Å². The maximum absolute atomic E-state index is 12.6. The molecule has 0 heterocycles. The van der Waals surface area contributed by atoms with Crippen LogP contribution in [0, 0.1) is 0 Å². The standard InChI is InChI=1S/C16H13F3O3/c1-2-15(20)22-14-8-4-7-13(10-14)21-12-6-3-5-11(9-12)16(17,18)19/h3-10H,2H2,1H3. The summed E-state index contributed by atoms with van der Waals surface area (Å²) in [4.78, 5) is 11.2. The number of benzene rings is 2. The van der Waals surface area contributed by atoms with E-state index in [0.717, 1.165) is 12.1 Å². The normalized spacial score (nSPS) is 11.1. The summed E-state index contributed by atoms with van der Waals surface area (Å²) in [6.45, 7) is 1.66. The molecule has 6 heteroatoms. The van der Waals surface area contributed by atoms with Gasteiger partial charge in [0.2, 0.25) is 0 Å². The minimum atomic E-state index is -4.43. The minimum Gasteiger partial charge on any atom is -0.457 e. The molecule has 0 N–H and O–H groups in total. The molecule has 0 spiro atoms. The summed E-state index contributed by atoms with van der Waals surface area (Å²) in [6, 6.07) is 10.7. The van der Waals surface area contributed by atoms with E-state index in [0.29, 0.717) is 0 Å². The van der Waals surface area contributed by atoms with Crippen LogP contribution in [-0.4, -0.2) is 5.97 Å². The molecule has 0 bridgehead atoms. The maximum Gasteiger partial charge on any atom is 0.416 e. The van der Waals surface area contributed by atoms with Gasteiger partial charge in [-0.3, -0.25) is 4.79 Å². The van der Waals surface area contributed by atoms with Crippen LogP contribution in [0.4, 0.5) is 13.2 Å². The Labute approximate surface area is 125 Å². The largest absolute Gasteiger partial charge is 0.457 e. The first-order chi connectivity index (χ1) is 10.4. The smallest absolute Gasteiger partial charge is 0.416 e. The van der Waals surface area contributed by atoms with E-state index < -0.39 is 17.7 Å². The first-order valence-corrected chi connectivity index (χ1v) is 6.54. The molecule has 2 aromatic carbocycles. The van der Waals surface area contributed by atoms with Gasteiger partial charge in [0, 0.05) is 12.5 Å². The number of esters is 1. The van der Waals surface area contributed by atoms with Crippen molar-refractivity contribution < 1.29 is 27.4 Å². The molecule has 0 aliphatic carbocycles. The summed E-state index contributed by atoms with van der Waals surface area (Å²) in [7, 11) is 0. The van der Waals surface area contributed by atoms with E-state index in [1.54, 1.807) is 25.1 Å². The van der Waals surface area contributed by atoms with E-state index in [1.165, 1.54) is 18.2 Å². The molecule has 0 unspecified atom stereocenters. The van der Waals surface area contributed by atoms with Gasteiger partial charge in [0.15, 0.2) is 0 Å². The number of ether oxygens (including phenoxy) is 2. The van der Waals surface area contributed by atoms with Crippen molar-refractivity contribution in [2.75, 3.05) is 0 Å². The number of carbonyl (C=O) groups is 1. The number of alkyl halides is 3. The Morgan fingerprint density at radius 1 is 1.00 bits per heavy atom. The van der Waals surface area contributed by atoms with Crippen LogP contribution < -0.4 is 9.47 Å². The van der Waals surface area contributed by atoms with Crippen molar-refractivity contribution >= 4 is 5.97 Å². The number of hydrogen-bond donors (Lipinski definition) is 0. The topological polar surface area (TPSA) is 35.5 Å². The predicted octanol–water partition coefficient (Wildman–Crippen LogP) is 4.81. The lowest BCUT2D eigenvalue weighted by molar-refractivity contribution is -0.137. The van der Waals surface area contributed by atoms with Crippen LogP contribution in [-0.2, 0) is 11.0 Å². The average molecular weight is 310 g/mol. The van der Waals surface area contributed by atoms with Crippen molar-refractivity contribution in [1.29, 1.82) is 0 Å². The van der Waals surface area contributed by atoms with Crippen LogP contribution in [0.15, 0.2) is 48.5 Å². The Morgan fingerprint density at radius 2 is 1.59 bits per heavy atom. The van der Waals surface area contributed by atoms with Gasteiger partial charge in [0.05, 0.1) is 5.56 Å². The second-order valence-corrected chi connectivity index (χ2v) is 4.43. The van der Waals surface area contributed by atoms with Gasteiger partial charge >= 0.3 is 12.1 Å². The molecular formula is C16H13F3O3. The van der Waals surface area contributed by atoms with Gasteiger partial charge in [-0.15, -0.1) is 0 Å². The van der Waals surface area contributed by atoms with Crippen LogP contribution in [0.5, 0.6) is 17.2 Å². The Morgan fingerprint density at radius 3 is 2.23 bits per heavy atom. The zero-order valence-electron chi connectivity index (χ0n) is 11.7. The van der Waals surface area contributed by atoms with E-state index in [4.69, 9.17) is 9.47 Å². The molecule has 0 radical (unpaired) electrons. The van der Waals surface area contributed by atoms with Gasteiger partial charge in [-0.1, -0.05) is 19.1 Å². The van der Waals surface area contributed by atoms with Gasteiger partial charge < -0.3 is 9.47 Å². The van der Waals surface area contributed by atoms with Crippen LogP contribution in [0.25, 0.3) is 0 Å². The monoisotopic (exact) mass is 310 g/mol. The van der Waals surface area contributed by atoms with Crippen LogP contribution in [0.2, 0.25) is 0 Å². The molecular weight excluding hydrogens is 297 g/mol. The quantitative estimate of drug-likeness (QED) is 0.600. The number of carbonyl (C=O) groups excluding carboxylic acids is 1. The number of hydrogen-bond acceptors (Lipinski definition) is 3. The molecule has 0 aliphatic rings. The molecule has 0 saturated heterocycles. The third kappa shape index (κ3) is 4.25. The zero-order valence-corrected chi connectivity index (χ0v) is 11.7. The first kappa shape index (κ1) is 15.9. The molecule has 22 heavy (non-hydrogen) atoms. The summed E-state index contributed by atoms with van der Waals surface area (Å²) in [6.07, 6.45) is -4.21. The molecule has 0 aromatic heterocycles. The second kappa shape index (κ2) is 6.51. The third-order valence-electron chi connectivity index (χ3n) is 2.72. The fourth-order valence-electron chi connectivity index (χ4n) is 1.68. The van der Waals surface area contributed by atoms with Gasteiger partial charge in [0.1, 0.15) is 17.2 Å². The molecule has 0 fully saturated rings. The lowest BCUT2D eigenvalue weighted by atomic mass is 10.2. The molecule has 2 rings (SSSR count). The fourth-order valence-corrected chi connectivity index (χ4v) is 1.68. The summed E-state index contributed by atoms with van der Waals surface area (Å²) in [5, 5.41) is 0. The van der Waals surface area contributed by atoms with Crippen LogP contribution >= 0.6 is 0 Å². The molecule has 116 valence electrons. The Bertz CT molecular complexity index is 666. The molecule has 0 amide bonds. The maximum atomic E-state index is 12.6. The summed E-state index contributed by atoms with van der Waals surface area (Å²) in [5.41, 5.74) is -0.793.